The van der Waals surface area contributed by atoms with Crippen molar-refractivity contribution < 1.29 is 9.90 Å². The van der Waals surface area contributed by atoms with Gasteiger partial charge in [-0.1, -0.05) is 55.4 Å². The van der Waals surface area contributed by atoms with Gasteiger partial charge in [-0.05, 0) is 56.1 Å². The summed E-state index contributed by atoms with van der Waals surface area (Å²) in [5.41, 5.74) is 4.79. The van der Waals surface area contributed by atoms with Gasteiger partial charge in [0.25, 0.3) is 0 Å². The number of rotatable bonds is 7. The van der Waals surface area contributed by atoms with Gasteiger partial charge in [0.15, 0.2) is 0 Å². The minimum atomic E-state index is -0.926. The first-order chi connectivity index (χ1) is 13.2. The summed E-state index contributed by atoms with van der Waals surface area (Å²) in [6.45, 7) is 11.5. The fourth-order valence-corrected chi connectivity index (χ4v) is 3.64. The molecule has 0 saturated carbocycles. The lowest BCUT2D eigenvalue weighted by Gasteiger charge is -2.37. The van der Waals surface area contributed by atoms with Crippen LogP contribution in [0.5, 0.6) is 0 Å². The van der Waals surface area contributed by atoms with E-state index < -0.39 is 5.97 Å². The van der Waals surface area contributed by atoms with Crippen molar-refractivity contribution in [3.8, 4) is 0 Å². The molecular formula is C23H31N3O2. The van der Waals surface area contributed by atoms with Crippen LogP contribution >= 0.6 is 0 Å². The first-order valence-corrected chi connectivity index (χ1v) is 9.67. The Hall–Kier alpha value is -2.69. The predicted molar refractivity (Wildman–Crippen MR) is 113 cm³/mol. The van der Waals surface area contributed by atoms with Gasteiger partial charge in [-0.3, -0.25) is 4.68 Å². The van der Waals surface area contributed by atoms with E-state index in [0.29, 0.717) is 11.5 Å². The molecule has 0 saturated heterocycles. The molecule has 1 heterocycles. The summed E-state index contributed by atoms with van der Waals surface area (Å²) in [7, 11) is 0. The molecule has 0 spiro atoms. The maximum Gasteiger partial charge on any atom is 0.328 e. The van der Waals surface area contributed by atoms with Crippen molar-refractivity contribution in [2.24, 2.45) is 11.3 Å². The average molecular weight is 382 g/mol. The molecular weight excluding hydrogens is 350 g/mol. The van der Waals surface area contributed by atoms with Gasteiger partial charge in [0.1, 0.15) is 12.7 Å². The molecule has 150 valence electrons. The molecule has 2 rings (SSSR count). The monoisotopic (exact) mass is 381 g/mol. The number of allylic oxidation sites excluding steroid dienone is 9. The predicted octanol–water partition coefficient (Wildman–Crippen LogP) is 5.12. The fraction of sp³-hybridized carbons (Fsp3) is 0.435. The summed E-state index contributed by atoms with van der Waals surface area (Å²) in [4.78, 5) is 14.7. The second kappa shape index (κ2) is 9.49. The van der Waals surface area contributed by atoms with Gasteiger partial charge in [-0.25, -0.2) is 9.78 Å². The Morgan fingerprint density at radius 1 is 1.32 bits per heavy atom. The number of nitrogens with zero attached hydrogens (tertiary/aromatic N) is 3. The van der Waals surface area contributed by atoms with E-state index in [2.05, 4.69) is 49.9 Å². The third kappa shape index (κ3) is 6.19. The number of carboxylic acid groups (broad SMARTS) is 1. The zero-order chi connectivity index (χ0) is 20.7. The van der Waals surface area contributed by atoms with E-state index in [0.717, 1.165) is 25.0 Å². The lowest BCUT2D eigenvalue weighted by molar-refractivity contribution is -0.131. The van der Waals surface area contributed by atoms with E-state index in [1.54, 1.807) is 25.7 Å². The van der Waals surface area contributed by atoms with Gasteiger partial charge in [0.2, 0.25) is 0 Å². The molecule has 5 nitrogen and oxygen atoms in total. The van der Waals surface area contributed by atoms with E-state index >= 15 is 0 Å². The van der Waals surface area contributed by atoms with Crippen molar-refractivity contribution in [1.29, 1.82) is 0 Å². The van der Waals surface area contributed by atoms with E-state index in [4.69, 9.17) is 5.11 Å². The van der Waals surface area contributed by atoms with Crippen LogP contribution in [0.3, 0.4) is 0 Å². The molecule has 1 aliphatic rings. The zero-order valence-corrected chi connectivity index (χ0v) is 17.5. The van der Waals surface area contributed by atoms with Crippen molar-refractivity contribution in [2.45, 2.75) is 54.0 Å². The van der Waals surface area contributed by atoms with Crippen molar-refractivity contribution in [3.05, 3.63) is 71.4 Å². The molecule has 1 unspecified atom stereocenters. The molecule has 0 aliphatic heterocycles. The Morgan fingerprint density at radius 2 is 2.07 bits per heavy atom. The van der Waals surface area contributed by atoms with Crippen molar-refractivity contribution in [1.82, 2.24) is 14.8 Å². The highest BCUT2D eigenvalue weighted by Crippen LogP contribution is 2.43. The SMILES string of the molecule is CC1=C(/C=C/C(C)=C\C=C\C(C)=C/C(=O)O)C(C)(C)CCC1Cn1cncn1. The van der Waals surface area contributed by atoms with Gasteiger partial charge >= 0.3 is 5.97 Å². The van der Waals surface area contributed by atoms with Crippen LogP contribution in [0.2, 0.25) is 0 Å². The minimum absolute atomic E-state index is 0.149. The quantitative estimate of drug-likeness (QED) is 0.526. The Balaban J connectivity index is 2.16. The minimum Gasteiger partial charge on any atom is -0.478 e. The smallest absolute Gasteiger partial charge is 0.328 e. The van der Waals surface area contributed by atoms with Gasteiger partial charge in [-0.15, -0.1) is 0 Å². The molecule has 0 amide bonds. The summed E-state index contributed by atoms with van der Waals surface area (Å²) in [6.07, 6.45) is 16.9. The van der Waals surface area contributed by atoms with Gasteiger partial charge in [0.05, 0.1) is 0 Å². The Kier molecular flexibility index (Phi) is 7.32. The van der Waals surface area contributed by atoms with Crippen LogP contribution in [-0.2, 0) is 11.3 Å². The summed E-state index contributed by atoms with van der Waals surface area (Å²) < 4.78 is 1.91. The number of hydrogen-bond donors (Lipinski definition) is 1. The topological polar surface area (TPSA) is 68.0 Å². The van der Waals surface area contributed by atoms with Gasteiger partial charge in [0, 0.05) is 12.6 Å². The summed E-state index contributed by atoms with van der Waals surface area (Å²) in [5.74, 6) is -0.451. The number of carboxylic acids is 1. The first-order valence-electron chi connectivity index (χ1n) is 9.67. The second-order valence-corrected chi connectivity index (χ2v) is 8.16. The first kappa shape index (κ1) is 21.6. The molecule has 0 radical (unpaired) electrons. The van der Waals surface area contributed by atoms with Crippen LogP contribution in [-0.4, -0.2) is 25.8 Å². The highest BCUT2D eigenvalue weighted by molar-refractivity contribution is 5.81. The van der Waals surface area contributed by atoms with E-state index in [9.17, 15) is 4.79 Å². The number of hydrogen-bond acceptors (Lipinski definition) is 3. The summed E-state index contributed by atoms with van der Waals surface area (Å²) in [5, 5.41) is 13.0. The van der Waals surface area contributed by atoms with Crippen LogP contribution in [0, 0.1) is 11.3 Å². The number of aliphatic carboxylic acids is 1. The normalized spacial score (nSPS) is 21.1. The van der Waals surface area contributed by atoms with Crippen LogP contribution in [0.4, 0.5) is 0 Å². The van der Waals surface area contributed by atoms with E-state index in [1.165, 1.54) is 17.2 Å². The Bertz CT molecular complexity index is 837. The molecule has 5 heteroatoms. The second-order valence-electron chi connectivity index (χ2n) is 8.16. The molecule has 0 bridgehead atoms. The largest absolute Gasteiger partial charge is 0.478 e. The molecule has 1 atom stereocenters. The third-order valence-corrected chi connectivity index (χ3v) is 5.34. The highest BCUT2D eigenvalue weighted by atomic mass is 16.4. The van der Waals surface area contributed by atoms with E-state index in [1.807, 2.05) is 16.8 Å². The average Bonchev–Trinajstić information content (AvgIpc) is 3.09. The standard InChI is InChI=1S/C23H31N3O2/c1-17(7-6-8-18(2)13-22(27)28)9-10-21-19(3)20(11-12-23(21,4)5)14-26-16-24-15-25-26/h6-10,13,15-16,20H,11-12,14H2,1-5H3,(H,27,28)/b8-6+,10-9+,17-7-,18-13-. The molecule has 0 aromatic carbocycles. The molecule has 1 aliphatic carbocycles. The van der Waals surface area contributed by atoms with Crippen LogP contribution < -0.4 is 0 Å². The van der Waals surface area contributed by atoms with Crippen LogP contribution in [0.25, 0.3) is 0 Å². The third-order valence-electron chi connectivity index (χ3n) is 5.34. The summed E-state index contributed by atoms with van der Waals surface area (Å²) in [6, 6.07) is 0. The number of aromatic nitrogens is 3. The highest BCUT2D eigenvalue weighted by Gasteiger charge is 2.32. The van der Waals surface area contributed by atoms with Crippen molar-refractivity contribution in [2.75, 3.05) is 0 Å². The van der Waals surface area contributed by atoms with Gasteiger partial charge in [-0.2, -0.15) is 5.10 Å². The Labute approximate surface area is 167 Å². The number of carbonyl (C=O) groups is 1. The van der Waals surface area contributed by atoms with E-state index in [-0.39, 0.29) is 5.41 Å². The summed E-state index contributed by atoms with van der Waals surface area (Å²) >= 11 is 0. The molecule has 1 aromatic rings. The van der Waals surface area contributed by atoms with Crippen molar-refractivity contribution in [3.63, 3.8) is 0 Å². The maximum absolute atomic E-state index is 10.7. The molecule has 1 N–H and O–H groups in total. The molecule has 1 aromatic heterocycles. The van der Waals surface area contributed by atoms with Crippen molar-refractivity contribution >= 4 is 5.97 Å². The maximum atomic E-state index is 10.7. The Morgan fingerprint density at radius 3 is 2.71 bits per heavy atom. The van der Waals surface area contributed by atoms with Gasteiger partial charge < -0.3 is 5.11 Å². The van der Waals surface area contributed by atoms with Crippen LogP contribution in [0.1, 0.15) is 47.5 Å². The lowest BCUT2D eigenvalue weighted by atomic mass is 9.68. The fourth-order valence-electron chi connectivity index (χ4n) is 3.64. The lowest BCUT2D eigenvalue weighted by Crippen LogP contribution is -2.27. The molecule has 28 heavy (non-hydrogen) atoms. The van der Waals surface area contributed by atoms with Crippen LogP contribution in [0.15, 0.2) is 71.4 Å². The zero-order valence-electron chi connectivity index (χ0n) is 17.5. The molecule has 0 fully saturated rings.